The highest BCUT2D eigenvalue weighted by Gasteiger charge is 2.31. The van der Waals surface area contributed by atoms with Crippen LogP contribution >= 0.6 is 11.3 Å². The molecule has 4 rings (SSSR count). The fraction of sp³-hybridized carbons (Fsp3) is 0.294. The molecule has 3 aromatic rings. The van der Waals surface area contributed by atoms with Gasteiger partial charge in [0, 0.05) is 24.8 Å². The van der Waals surface area contributed by atoms with E-state index < -0.39 is 6.04 Å². The maximum atomic E-state index is 14.5. The number of aromatic hydroxyl groups is 1. The highest BCUT2D eigenvalue weighted by Crippen LogP contribution is 2.39. The Balaban J connectivity index is 1.93. The highest BCUT2D eigenvalue weighted by atomic mass is 32.1. The number of ether oxygens (including phenoxy) is 1. The number of aromatic nitrogens is 2. The van der Waals surface area contributed by atoms with Crippen LogP contribution in [0.5, 0.6) is 5.75 Å². The maximum absolute atomic E-state index is 14.5. The largest absolute Gasteiger partial charge is 0.508 e. The van der Waals surface area contributed by atoms with E-state index >= 15 is 0 Å². The molecule has 1 aromatic carbocycles. The zero-order valence-corrected chi connectivity index (χ0v) is 13.7. The van der Waals surface area contributed by atoms with Gasteiger partial charge in [-0.2, -0.15) is 0 Å². The number of phenolic OH excluding ortho intramolecular Hbond substituents is 1. The smallest absolute Gasteiger partial charge is 0.146 e. The van der Waals surface area contributed by atoms with Crippen molar-refractivity contribution < 1.29 is 14.2 Å². The number of pyridine rings is 1. The van der Waals surface area contributed by atoms with Crippen LogP contribution in [0.15, 0.2) is 36.0 Å². The van der Waals surface area contributed by atoms with E-state index in [0.29, 0.717) is 43.1 Å². The Hall–Kier alpha value is -2.09. The van der Waals surface area contributed by atoms with Crippen molar-refractivity contribution >= 4 is 21.6 Å². The zero-order chi connectivity index (χ0) is 16.5. The lowest BCUT2D eigenvalue weighted by Crippen LogP contribution is -2.40. The van der Waals surface area contributed by atoms with E-state index in [1.165, 1.54) is 17.4 Å². The molecule has 1 aliphatic rings. The van der Waals surface area contributed by atoms with E-state index in [1.54, 1.807) is 23.8 Å². The molecule has 0 radical (unpaired) electrons. The Morgan fingerprint density at radius 3 is 2.83 bits per heavy atom. The second-order valence-corrected chi connectivity index (χ2v) is 6.51. The molecular formula is C17H16FN3O2S. The average molecular weight is 345 g/mol. The van der Waals surface area contributed by atoms with E-state index in [9.17, 15) is 9.50 Å². The number of phenols is 1. The SMILES string of the molecule is Oc1ccc2scnc2c1C(c1ncccc1F)N1CCOCC1. The molecule has 1 N–H and O–H groups in total. The van der Waals surface area contributed by atoms with Crippen molar-refractivity contribution in [2.75, 3.05) is 26.3 Å². The predicted octanol–water partition coefficient (Wildman–Crippen LogP) is 2.96. The molecule has 1 fully saturated rings. The van der Waals surface area contributed by atoms with Gasteiger partial charge in [0.05, 0.1) is 40.7 Å². The Bertz CT molecular complexity index is 864. The van der Waals surface area contributed by atoms with Gasteiger partial charge in [-0.1, -0.05) is 0 Å². The Kier molecular flexibility index (Phi) is 4.13. The molecule has 24 heavy (non-hydrogen) atoms. The topological polar surface area (TPSA) is 58.5 Å². The number of hydrogen-bond acceptors (Lipinski definition) is 6. The first-order valence-corrected chi connectivity index (χ1v) is 8.61. The van der Waals surface area contributed by atoms with Crippen LogP contribution in [0.2, 0.25) is 0 Å². The fourth-order valence-electron chi connectivity index (χ4n) is 3.14. The van der Waals surface area contributed by atoms with E-state index in [4.69, 9.17) is 4.74 Å². The first-order chi connectivity index (χ1) is 11.8. The third-order valence-electron chi connectivity index (χ3n) is 4.25. The van der Waals surface area contributed by atoms with Crippen LogP contribution in [0, 0.1) is 5.82 Å². The molecule has 1 aliphatic heterocycles. The second-order valence-electron chi connectivity index (χ2n) is 5.62. The van der Waals surface area contributed by atoms with Gasteiger partial charge in [0.15, 0.2) is 0 Å². The zero-order valence-electron chi connectivity index (χ0n) is 12.9. The van der Waals surface area contributed by atoms with E-state index in [1.807, 2.05) is 6.07 Å². The molecule has 1 unspecified atom stereocenters. The molecule has 0 spiro atoms. The quantitative estimate of drug-likeness (QED) is 0.791. The normalized spacial score (nSPS) is 17.2. The summed E-state index contributed by atoms with van der Waals surface area (Å²) in [7, 11) is 0. The van der Waals surface area contributed by atoms with Gasteiger partial charge in [-0.25, -0.2) is 9.37 Å². The van der Waals surface area contributed by atoms with Crippen molar-refractivity contribution in [2.45, 2.75) is 6.04 Å². The lowest BCUT2D eigenvalue weighted by Gasteiger charge is -2.34. The van der Waals surface area contributed by atoms with Crippen molar-refractivity contribution in [3.63, 3.8) is 0 Å². The molecule has 1 saturated heterocycles. The maximum Gasteiger partial charge on any atom is 0.146 e. The lowest BCUT2D eigenvalue weighted by atomic mass is 9.98. The summed E-state index contributed by atoms with van der Waals surface area (Å²) in [6.45, 7) is 2.42. The highest BCUT2D eigenvalue weighted by molar-refractivity contribution is 7.16. The van der Waals surface area contributed by atoms with Crippen LogP contribution < -0.4 is 0 Å². The third-order valence-corrected chi connectivity index (χ3v) is 5.04. The molecular weight excluding hydrogens is 329 g/mol. The van der Waals surface area contributed by atoms with Crippen LogP contribution in [0.25, 0.3) is 10.2 Å². The predicted molar refractivity (Wildman–Crippen MR) is 89.7 cm³/mol. The van der Waals surface area contributed by atoms with Gasteiger partial charge in [-0.3, -0.25) is 9.88 Å². The van der Waals surface area contributed by atoms with Crippen LogP contribution in [0.3, 0.4) is 0 Å². The number of fused-ring (bicyclic) bond motifs is 1. The van der Waals surface area contributed by atoms with Crippen molar-refractivity contribution in [1.29, 1.82) is 0 Å². The van der Waals surface area contributed by atoms with Gasteiger partial charge in [0.25, 0.3) is 0 Å². The number of nitrogens with zero attached hydrogens (tertiary/aromatic N) is 3. The Morgan fingerprint density at radius 1 is 1.21 bits per heavy atom. The average Bonchev–Trinajstić information content (AvgIpc) is 3.08. The first-order valence-electron chi connectivity index (χ1n) is 7.73. The summed E-state index contributed by atoms with van der Waals surface area (Å²) in [6.07, 6.45) is 1.57. The number of rotatable bonds is 3. The van der Waals surface area contributed by atoms with Gasteiger partial charge in [0.1, 0.15) is 11.6 Å². The molecule has 124 valence electrons. The summed E-state index contributed by atoms with van der Waals surface area (Å²) in [6, 6.07) is 5.94. The molecule has 0 amide bonds. The van der Waals surface area contributed by atoms with E-state index in [2.05, 4.69) is 14.9 Å². The van der Waals surface area contributed by atoms with Crippen molar-refractivity contribution in [3.05, 3.63) is 53.0 Å². The van der Waals surface area contributed by atoms with Gasteiger partial charge >= 0.3 is 0 Å². The monoisotopic (exact) mass is 345 g/mol. The van der Waals surface area contributed by atoms with Crippen molar-refractivity contribution in [1.82, 2.24) is 14.9 Å². The number of benzene rings is 1. The minimum atomic E-state index is -0.499. The molecule has 0 bridgehead atoms. The molecule has 3 heterocycles. The number of halogens is 1. The standard InChI is InChI=1S/C17H16FN3O2S/c18-11-2-1-5-19-15(11)17(21-6-8-23-9-7-21)14-12(22)3-4-13-16(14)20-10-24-13/h1-5,10,17,22H,6-9H2. The Morgan fingerprint density at radius 2 is 2.04 bits per heavy atom. The summed E-state index contributed by atoms with van der Waals surface area (Å²) < 4.78 is 20.9. The summed E-state index contributed by atoms with van der Waals surface area (Å²) >= 11 is 1.49. The van der Waals surface area contributed by atoms with Crippen LogP contribution in [0.1, 0.15) is 17.3 Å². The first kappa shape index (κ1) is 15.4. The van der Waals surface area contributed by atoms with Crippen LogP contribution in [0.4, 0.5) is 4.39 Å². The number of thiazole rings is 1. The summed E-state index contributed by atoms with van der Waals surface area (Å²) in [5.74, 6) is -0.282. The minimum absolute atomic E-state index is 0.106. The fourth-order valence-corrected chi connectivity index (χ4v) is 3.83. The molecule has 0 saturated carbocycles. The van der Waals surface area contributed by atoms with Crippen LogP contribution in [-0.4, -0.2) is 46.3 Å². The van der Waals surface area contributed by atoms with Crippen LogP contribution in [-0.2, 0) is 4.74 Å². The number of hydrogen-bond donors (Lipinski definition) is 1. The second kappa shape index (κ2) is 6.43. The van der Waals surface area contributed by atoms with Crippen molar-refractivity contribution in [2.24, 2.45) is 0 Å². The van der Waals surface area contributed by atoms with E-state index in [-0.39, 0.29) is 11.6 Å². The minimum Gasteiger partial charge on any atom is -0.508 e. The van der Waals surface area contributed by atoms with Gasteiger partial charge in [-0.05, 0) is 24.3 Å². The number of morpholine rings is 1. The molecule has 1 atom stereocenters. The molecule has 2 aromatic heterocycles. The third kappa shape index (κ3) is 2.64. The van der Waals surface area contributed by atoms with E-state index in [0.717, 1.165) is 4.70 Å². The van der Waals surface area contributed by atoms with Crippen molar-refractivity contribution in [3.8, 4) is 5.75 Å². The summed E-state index contributed by atoms with van der Waals surface area (Å²) in [5.41, 5.74) is 3.34. The summed E-state index contributed by atoms with van der Waals surface area (Å²) in [5, 5.41) is 10.5. The van der Waals surface area contributed by atoms with Gasteiger partial charge in [0.2, 0.25) is 0 Å². The summed E-state index contributed by atoms with van der Waals surface area (Å²) in [4.78, 5) is 10.8. The molecule has 7 heteroatoms. The lowest BCUT2D eigenvalue weighted by molar-refractivity contribution is 0.0224. The van der Waals surface area contributed by atoms with Gasteiger partial charge < -0.3 is 9.84 Å². The molecule has 5 nitrogen and oxygen atoms in total. The van der Waals surface area contributed by atoms with Gasteiger partial charge in [-0.15, -0.1) is 11.3 Å². The molecule has 0 aliphatic carbocycles. The Labute approximate surface area is 142 Å².